The lowest BCUT2D eigenvalue weighted by Gasteiger charge is -2.30. The lowest BCUT2D eigenvalue weighted by Crippen LogP contribution is -2.43. The summed E-state index contributed by atoms with van der Waals surface area (Å²) in [5.74, 6) is -5.62. The zero-order chi connectivity index (χ0) is 24.1. The van der Waals surface area contributed by atoms with Crippen molar-refractivity contribution in [1.29, 1.82) is 0 Å². The molecule has 1 aromatic heterocycles. The Balaban J connectivity index is 2.10. The van der Waals surface area contributed by atoms with Crippen LogP contribution in [-0.4, -0.2) is 22.7 Å². The summed E-state index contributed by atoms with van der Waals surface area (Å²) < 4.78 is 35.4. The number of pyridine rings is 1. The van der Waals surface area contributed by atoms with Crippen molar-refractivity contribution in [2.45, 2.75) is 12.5 Å². The van der Waals surface area contributed by atoms with E-state index in [2.05, 4.69) is 4.98 Å². The largest absolute Gasteiger partial charge is 0.454 e. The molecular formula is C22H19F2N5O4. The molecule has 33 heavy (non-hydrogen) atoms. The number of nitrogens with two attached hydrogens (primary N) is 3. The molecule has 11 heteroatoms. The fourth-order valence-corrected chi connectivity index (χ4v) is 3.13. The van der Waals surface area contributed by atoms with E-state index in [0.717, 1.165) is 0 Å². The maximum absolute atomic E-state index is 15.2. The first-order valence-electron chi connectivity index (χ1n) is 9.50. The fraction of sp³-hybridized carbons (Fsp3) is 0.0909. The summed E-state index contributed by atoms with van der Waals surface area (Å²) in [5, 5.41) is 0. The van der Waals surface area contributed by atoms with E-state index in [0.29, 0.717) is 17.0 Å². The third-order valence-corrected chi connectivity index (χ3v) is 4.48. The molecule has 3 rings (SSSR count). The molecule has 0 aliphatic carbocycles. The van der Waals surface area contributed by atoms with E-state index >= 15 is 4.39 Å². The normalized spacial score (nSPS) is 11.5. The van der Waals surface area contributed by atoms with Crippen LogP contribution >= 0.6 is 0 Å². The van der Waals surface area contributed by atoms with Crippen LogP contribution < -0.4 is 26.8 Å². The Labute approximate surface area is 186 Å². The number of rotatable bonds is 8. The first-order valence-corrected chi connectivity index (χ1v) is 9.50. The Hall–Kier alpha value is -4.54. The summed E-state index contributed by atoms with van der Waals surface area (Å²) in [5.41, 5.74) is 15.7. The second kappa shape index (κ2) is 9.73. The quantitative estimate of drug-likeness (QED) is 0.442. The van der Waals surface area contributed by atoms with Crippen LogP contribution in [-0.2, 0) is 14.4 Å². The molecule has 0 bridgehead atoms. The van der Waals surface area contributed by atoms with E-state index in [1.165, 1.54) is 30.5 Å². The van der Waals surface area contributed by atoms with Crippen LogP contribution in [0.15, 0.2) is 60.8 Å². The average Bonchev–Trinajstić information content (AvgIpc) is 2.74. The van der Waals surface area contributed by atoms with Crippen LogP contribution in [0, 0.1) is 11.6 Å². The van der Waals surface area contributed by atoms with Gasteiger partial charge < -0.3 is 21.9 Å². The topological polar surface area (TPSA) is 155 Å². The van der Waals surface area contributed by atoms with Crippen molar-refractivity contribution in [2.75, 3.05) is 10.6 Å². The van der Waals surface area contributed by atoms with Crippen LogP contribution in [0.5, 0.6) is 11.5 Å². The molecule has 0 saturated carbocycles. The first-order chi connectivity index (χ1) is 15.7. The average molecular weight is 455 g/mol. The number of nitrogens with zero attached hydrogens (tertiary/aromatic N) is 2. The van der Waals surface area contributed by atoms with Crippen LogP contribution in [0.3, 0.4) is 0 Å². The third kappa shape index (κ3) is 5.39. The predicted octanol–water partition coefficient (Wildman–Crippen LogP) is 2.17. The van der Waals surface area contributed by atoms with Crippen molar-refractivity contribution >= 4 is 29.2 Å². The number of carbonyl (C=O) groups is 3. The molecule has 0 unspecified atom stereocenters. The molecule has 2 aromatic carbocycles. The van der Waals surface area contributed by atoms with Gasteiger partial charge >= 0.3 is 0 Å². The molecule has 0 radical (unpaired) electrons. The molecular weight excluding hydrogens is 436 g/mol. The van der Waals surface area contributed by atoms with E-state index in [9.17, 15) is 18.8 Å². The van der Waals surface area contributed by atoms with Gasteiger partial charge in [-0.2, -0.15) is 0 Å². The minimum absolute atomic E-state index is 0.0921. The number of nitrogen functional groups attached to an aromatic ring is 1. The highest BCUT2D eigenvalue weighted by atomic mass is 19.1. The van der Waals surface area contributed by atoms with E-state index in [1.807, 2.05) is 0 Å². The standard InChI is InChI=1S/C22H19F2N5O4/c23-14-10-17(33-13-6-7-28-18(25)8-13)15(24)9-16(14)29(20(31)11-19(26)30)21(22(27)32)12-4-2-1-3-5-12/h1-10,21H,11H2,(H2,25,28)(H2,26,30)(H2,27,32)/t21-/m1/s1. The molecule has 3 aromatic rings. The summed E-state index contributed by atoms with van der Waals surface area (Å²) in [6.07, 6.45) is 0.445. The second-order valence-corrected chi connectivity index (χ2v) is 6.87. The van der Waals surface area contributed by atoms with Crippen molar-refractivity contribution in [3.63, 3.8) is 0 Å². The number of carbonyl (C=O) groups excluding carboxylic acids is 3. The van der Waals surface area contributed by atoms with E-state index < -0.39 is 53.3 Å². The lowest BCUT2D eigenvalue weighted by molar-refractivity contribution is -0.129. The van der Waals surface area contributed by atoms with Gasteiger partial charge in [-0.15, -0.1) is 0 Å². The Morgan fingerprint density at radius 3 is 2.30 bits per heavy atom. The predicted molar refractivity (Wildman–Crippen MR) is 115 cm³/mol. The van der Waals surface area contributed by atoms with Crippen molar-refractivity contribution < 1.29 is 27.9 Å². The van der Waals surface area contributed by atoms with Gasteiger partial charge in [-0.3, -0.25) is 19.3 Å². The Kier molecular flexibility index (Phi) is 6.82. The summed E-state index contributed by atoms with van der Waals surface area (Å²) in [6.45, 7) is 0. The number of primary amides is 2. The molecule has 0 spiro atoms. The minimum atomic E-state index is -1.54. The number of halogens is 2. The number of ether oxygens (including phenoxy) is 1. The molecule has 1 heterocycles. The highest BCUT2D eigenvalue weighted by molar-refractivity contribution is 6.08. The summed E-state index contributed by atoms with van der Waals surface area (Å²) in [7, 11) is 0. The number of anilines is 2. The lowest BCUT2D eigenvalue weighted by atomic mass is 10.0. The molecule has 170 valence electrons. The number of hydrogen-bond donors (Lipinski definition) is 3. The van der Waals surface area contributed by atoms with Crippen molar-refractivity contribution in [1.82, 2.24) is 4.98 Å². The third-order valence-electron chi connectivity index (χ3n) is 4.48. The molecule has 3 amide bonds. The fourth-order valence-electron chi connectivity index (χ4n) is 3.13. The van der Waals surface area contributed by atoms with Gasteiger partial charge in [-0.05, 0) is 11.6 Å². The minimum Gasteiger partial charge on any atom is -0.454 e. The van der Waals surface area contributed by atoms with Gasteiger partial charge in [-0.25, -0.2) is 13.8 Å². The van der Waals surface area contributed by atoms with Gasteiger partial charge in [0.05, 0.1) is 5.69 Å². The molecule has 0 aliphatic rings. The molecule has 6 N–H and O–H groups in total. The molecule has 0 aliphatic heterocycles. The van der Waals surface area contributed by atoms with E-state index in [1.54, 1.807) is 18.2 Å². The van der Waals surface area contributed by atoms with Crippen LogP contribution in [0.4, 0.5) is 20.3 Å². The monoisotopic (exact) mass is 455 g/mol. The highest BCUT2D eigenvalue weighted by Crippen LogP contribution is 2.35. The maximum atomic E-state index is 15.2. The van der Waals surface area contributed by atoms with Crippen LogP contribution in [0.1, 0.15) is 18.0 Å². The Morgan fingerprint density at radius 2 is 1.70 bits per heavy atom. The number of benzene rings is 2. The zero-order valence-corrected chi connectivity index (χ0v) is 17.1. The molecule has 0 fully saturated rings. The van der Waals surface area contributed by atoms with Gasteiger partial charge in [0.15, 0.2) is 17.4 Å². The summed E-state index contributed by atoms with van der Waals surface area (Å²) in [6, 6.07) is 10.2. The zero-order valence-electron chi connectivity index (χ0n) is 17.1. The Bertz CT molecular complexity index is 1210. The summed E-state index contributed by atoms with van der Waals surface area (Å²) >= 11 is 0. The van der Waals surface area contributed by atoms with Gasteiger partial charge in [0, 0.05) is 24.4 Å². The van der Waals surface area contributed by atoms with Gasteiger partial charge in [-0.1, -0.05) is 30.3 Å². The smallest absolute Gasteiger partial charge is 0.245 e. The van der Waals surface area contributed by atoms with Crippen LogP contribution in [0.2, 0.25) is 0 Å². The van der Waals surface area contributed by atoms with Gasteiger partial charge in [0.1, 0.15) is 24.0 Å². The van der Waals surface area contributed by atoms with Crippen molar-refractivity contribution in [2.24, 2.45) is 11.5 Å². The SMILES string of the molecule is NC(=O)CC(=O)N(c1cc(F)c(Oc2ccnc(N)c2)cc1F)[C@@H](C(N)=O)c1ccccc1. The summed E-state index contributed by atoms with van der Waals surface area (Å²) in [4.78, 5) is 40.9. The van der Waals surface area contributed by atoms with Crippen LogP contribution in [0.25, 0.3) is 0 Å². The van der Waals surface area contributed by atoms with E-state index in [4.69, 9.17) is 21.9 Å². The van der Waals surface area contributed by atoms with Gasteiger partial charge in [0.2, 0.25) is 17.7 Å². The van der Waals surface area contributed by atoms with Crippen molar-refractivity contribution in [3.05, 3.63) is 78.0 Å². The maximum Gasteiger partial charge on any atom is 0.245 e. The number of amides is 3. The first kappa shape index (κ1) is 23.1. The Morgan fingerprint density at radius 1 is 1.00 bits per heavy atom. The second-order valence-electron chi connectivity index (χ2n) is 6.87. The highest BCUT2D eigenvalue weighted by Gasteiger charge is 2.34. The molecule has 1 atom stereocenters. The van der Waals surface area contributed by atoms with Crippen molar-refractivity contribution in [3.8, 4) is 11.5 Å². The van der Waals surface area contributed by atoms with Gasteiger partial charge in [0.25, 0.3) is 0 Å². The molecule has 9 nitrogen and oxygen atoms in total. The number of aromatic nitrogens is 1. The van der Waals surface area contributed by atoms with E-state index in [-0.39, 0.29) is 17.1 Å². The number of hydrogen-bond acceptors (Lipinski definition) is 6. The molecule has 0 saturated heterocycles.